The molecule has 1 aliphatic heterocycles. The molecule has 0 spiro atoms. The summed E-state index contributed by atoms with van der Waals surface area (Å²) in [5.41, 5.74) is 2.50. The van der Waals surface area contributed by atoms with Crippen LogP contribution in [0.25, 0.3) is 16.8 Å². The molecule has 0 unspecified atom stereocenters. The van der Waals surface area contributed by atoms with Crippen LogP contribution in [0.2, 0.25) is 0 Å². The smallest absolute Gasteiger partial charge is 0.363 e. The number of fused-ring (bicyclic) bond motifs is 1. The van der Waals surface area contributed by atoms with Crippen molar-refractivity contribution in [3.63, 3.8) is 0 Å². The van der Waals surface area contributed by atoms with Crippen molar-refractivity contribution in [2.45, 2.75) is 6.92 Å². The monoisotopic (exact) mass is 356 g/mol. The minimum absolute atomic E-state index is 0.146. The number of hydrogen-bond donors (Lipinski definition) is 1. The maximum atomic E-state index is 12.2. The van der Waals surface area contributed by atoms with Crippen molar-refractivity contribution in [3.8, 4) is 0 Å². The SMILES string of the molecule is CC(=O)Nc1ccc(C2=N/C(=C\c3cccc4ccccc34)C(=O)O2)cc1. The highest BCUT2D eigenvalue weighted by atomic mass is 16.6. The molecule has 0 saturated carbocycles. The van der Waals surface area contributed by atoms with E-state index in [9.17, 15) is 9.59 Å². The Morgan fingerprint density at radius 3 is 2.52 bits per heavy atom. The van der Waals surface area contributed by atoms with E-state index in [0.717, 1.165) is 16.3 Å². The fourth-order valence-corrected chi connectivity index (χ4v) is 2.96. The van der Waals surface area contributed by atoms with Gasteiger partial charge in [-0.3, -0.25) is 4.79 Å². The highest BCUT2D eigenvalue weighted by Gasteiger charge is 2.24. The van der Waals surface area contributed by atoms with Gasteiger partial charge in [0.1, 0.15) is 0 Å². The summed E-state index contributed by atoms with van der Waals surface area (Å²) in [5.74, 6) is -0.377. The summed E-state index contributed by atoms with van der Waals surface area (Å²) in [6, 6.07) is 20.8. The fraction of sp³-hybridized carbons (Fsp3) is 0.0455. The molecule has 0 fully saturated rings. The second-order valence-corrected chi connectivity index (χ2v) is 6.16. The zero-order valence-corrected chi connectivity index (χ0v) is 14.6. The predicted molar refractivity (Wildman–Crippen MR) is 105 cm³/mol. The molecule has 0 bridgehead atoms. The largest absolute Gasteiger partial charge is 0.402 e. The molecule has 0 aliphatic carbocycles. The number of carbonyl (C=O) groups is 2. The Labute approximate surface area is 156 Å². The first-order valence-electron chi connectivity index (χ1n) is 8.48. The van der Waals surface area contributed by atoms with Gasteiger partial charge in [-0.15, -0.1) is 0 Å². The Bertz CT molecular complexity index is 1110. The van der Waals surface area contributed by atoms with Crippen molar-refractivity contribution in [1.82, 2.24) is 0 Å². The van der Waals surface area contributed by atoms with Crippen LogP contribution < -0.4 is 5.32 Å². The number of benzene rings is 3. The van der Waals surface area contributed by atoms with Gasteiger partial charge in [-0.1, -0.05) is 42.5 Å². The second kappa shape index (κ2) is 6.88. The van der Waals surface area contributed by atoms with E-state index in [2.05, 4.69) is 10.3 Å². The lowest BCUT2D eigenvalue weighted by Gasteiger charge is -2.03. The molecule has 5 heteroatoms. The molecule has 1 amide bonds. The standard InChI is InChI=1S/C22H16N2O3/c1-14(25)23-18-11-9-16(10-12-18)21-24-20(22(26)27-21)13-17-7-4-6-15-5-2-3-8-19(15)17/h2-13H,1H3,(H,23,25)/b20-13-. The summed E-state index contributed by atoms with van der Waals surface area (Å²) in [4.78, 5) is 27.7. The van der Waals surface area contributed by atoms with Crippen LogP contribution in [0.15, 0.2) is 77.4 Å². The van der Waals surface area contributed by atoms with E-state index in [0.29, 0.717) is 11.3 Å². The molecule has 0 saturated heterocycles. The number of carbonyl (C=O) groups excluding carboxylic acids is 2. The van der Waals surface area contributed by atoms with Gasteiger partial charge in [0.05, 0.1) is 0 Å². The van der Waals surface area contributed by atoms with Crippen molar-refractivity contribution in [2.24, 2.45) is 4.99 Å². The van der Waals surface area contributed by atoms with E-state index in [-0.39, 0.29) is 17.5 Å². The lowest BCUT2D eigenvalue weighted by molar-refractivity contribution is -0.129. The van der Waals surface area contributed by atoms with Crippen LogP contribution in [0.1, 0.15) is 18.1 Å². The molecule has 5 nitrogen and oxygen atoms in total. The van der Waals surface area contributed by atoms with Crippen LogP contribution in [-0.4, -0.2) is 17.8 Å². The maximum Gasteiger partial charge on any atom is 0.363 e. The van der Waals surface area contributed by atoms with E-state index in [4.69, 9.17) is 4.74 Å². The topological polar surface area (TPSA) is 67.8 Å². The molecule has 0 radical (unpaired) electrons. The Balaban J connectivity index is 1.66. The van der Waals surface area contributed by atoms with E-state index < -0.39 is 5.97 Å². The molecule has 3 aromatic rings. The number of cyclic esters (lactones) is 1. The zero-order valence-electron chi connectivity index (χ0n) is 14.6. The van der Waals surface area contributed by atoms with Gasteiger partial charge in [-0.05, 0) is 46.7 Å². The highest BCUT2D eigenvalue weighted by molar-refractivity contribution is 6.13. The molecule has 27 heavy (non-hydrogen) atoms. The average molecular weight is 356 g/mol. The summed E-state index contributed by atoms with van der Waals surface area (Å²) in [6.45, 7) is 1.45. The molecule has 1 heterocycles. The molecular weight excluding hydrogens is 340 g/mol. The van der Waals surface area contributed by atoms with Gasteiger partial charge in [-0.25, -0.2) is 9.79 Å². The van der Waals surface area contributed by atoms with Gasteiger partial charge in [0.15, 0.2) is 5.70 Å². The quantitative estimate of drug-likeness (QED) is 0.566. The first-order chi connectivity index (χ1) is 13.1. The Hall–Kier alpha value is -3.73. The predicted octanol–water partition coefficient (Wildman–Crippen LogP) is 4.14. The molecule has 4 rings (SSSR count). The van der Waals surface area contributed by atoms with Crippen LogP contribution in [0.5, 0.6) is 0 Å². The number of rotatable bonds is 3. The summed E-state index contributed by atoms with van der Waals surface area (Å²) in [7, 11) is 0. The number of nitrogens with one attached hydrogen (secondary N) is 1. The Morgan fingerprint density at radius 1 is 1.00 bits per heavy atom. The van der Waals surface area contributed by atoms with Crippen molar-refractivity contribution in [2.75, 3.05) is 5.32 Å². The van der Waals surface area contributed by atoms with Gasteiger partial charge >= 0.3 is 5.97 Å². The molecule has 0 atom stereocenters. The van der Waals surface area contributed by atoms with Crippen molar-refractivity contribution < 1.29 is 14.3 Å². The maximum absolute atomic E-state index is 12.2. The number of ether oxygens (including phenoxy) is 1. The van der Waals surface area contributed by atoms with Crippen molar-refractivity contribution >= 4 is 40.3 Å². The van der Waals surface area contributed by atoms with E-state index in [1.54, 1.807) is 30.3 Å². The van der Waals surface area contributed by atoms with Crippen LogP contribution in [0.4, 0.5) is 5.69 Å². The van der Waals surface area contributed by atoms with E-state index in [1.807, 2.05) is 42.5 Å². The van der Waals surface area contributed by atoms with Gasteiger partial charge in [0, 0.05) is 18.2 Å². The Kier molecular flexibility index (Phi) is 4.26. The fourth-order valence-electron chi connectivity index (χ4n) is 2.96. The number of hydrogen-bond acceptors (Lipinski definition) is 4. The van der Waals surface area contributed by atoms with Crippen molar-refractivity contribution in [3.05, 3.63) is 83.6 Å². The molecule has 1 aliphatic rings. The summed E-state index contributed by atoms with van der Waals surface area (Å²) < 4.78 is 5.32. The molecular formula is C22H16N2O3. The number of esters is 1. The number of nitrogens with zero attached hydrogens (tertiary/aromatic N) is 1. The lowest BCUT2D eigenvalue weighted by Crippen LogP contribution is -2.07. The lowest BCUT2D eigenvalue weighted by atomic mass is 10.0. The second-order valence-electron chi connectivity index (χ2n) is 6.16. The van der Waals surface area contributed by atoms with Crippen LogP contribution in [0.3, 0.4) is 0 Å². The first-order valence-corrected chi connectivity index (χ1v) is 8.48. The van der Waals surface area contributed by atoms with Crippen LogP contribution >= 0.6 is 0 Å². The molecule has 0 aromatic heterocycles. The van der Waals surface area contributed by atoms with Gasteiger partial charge in [0.25, 0.3) is 0 Å². The van der Waals surface area contributed by atoms with Crippen LogP contribution in [0, 0.1) is 0 Å². The number of anilines is 1. The average Bonchev–Trinajstić information content (AvgIpc) is 3.03. The first kappa shape index (κ1) is 16.7. The number of aliphatic imine (C=N–C) groups is 1. The summed E-state index contributed by atoms with van der Waals surface area (Å²) >= 11 is 0. The zero-order chi connectivity index (χ0) is 18.8. The van der Waals surface area contributed by atoms with Gasteiger partial charge < -0.3 is 10.1 Å². The Morgan fingerprint density at radius 2 is 1.74 bits per heavy atom. The van der Waals surface area contributed by atoms with Crippen molar-refractivity contribution in [1.29, 1.82) is 0 Å². The normalized spacial score (nSPS) is 14.9. The summed E-state index contributed by atoms with van der Waals surface area (Å²) in [5, 5.41) is 4.83. The minimum Gasteiger partial charge on any atom is -0.402 e. The molecule has 132 valence electrons. The summed E-state index contributed by atoms with van der Waals surface area (Å²) in [6.07, 6.45) is 1.74. The third kappa shape index (κ3) is 3.48. The third-order valence-electron chi connectivity index (χ3n) is 4.19. The van der Waals surface area contributed by atoms with Crippen LogP contribution in [-0.2, 0) is 14.3 Å². The highest BCUT2D eigenvalue weighted by Crippen LogP contribution is 2.24. The van der Waals surface area contributed by atoms with E-state index in [1.165, 1.54) is 6.92 Å². The van der Waals surface area contributed by atoms with Gasteiger partial charge in [0.2, 0.25) is 11.8 Å². The molecule has 3 aromatic carbocycles. The minimum atomic E-state index is -0.483. The number of amides is 1. The molecule has 1 N–H and O–H groups in total. The third-order valence-corrected chi connectivity index (χ3v) is 4.19. The van der Waals surface area contributed by atoms with E-state index >= 15 is 0 Å². The van der Waals surface area contributed by atoms with Gasteiger partial charge in [-0.2, -0.15) is 0 Å².